The number of rotatable bonds is 7. The number of nitrogens with one attached hydrogen (secondary N) is 1. The van der Waals surface area contributed by atoms with Gasteiger partial charge in [-0.25, -0.2) is 13.6 Å². The number of carbonyl (C=O) groups is 1. The molecule has 8 heteroatoms. The van der Waals surface area contributed by atoms with Gasteiger partial charge in [0.15, 0.2) is 0 Å². The van der Waals surface area contributed by atoms with E-state index in [4.69, 9.17) is 21.5 Å². The lowest BCUT2D eigenvalue weighted by Crippen LogP contribution is -2.14. The molecule has 2 aromatic carbocycles. The standard InChI is InChI=1S/C17H19ClN2O4S/c1-12-11-13(18)4-9-16(12)24-10-2-3-17(21)20-14-5-7-15(8-6-14)25(19,22)23/h4-9,11H,2-3,10H2,1H3,(H,20,21)(H2,19,22,23). The third kappa shape index (κ3) is 6.04. The van der Waals surface area contributed by atoms with Gasteiger partial charge in [0, 0.05) is 17.1 Å². The molecule has 0 spiro atoms. The van der Waals surface area contributed by atoms with Crippen LogP contribution < -0.4 is 15.2 Å². The number of halogens is 1. The Hall–Kier alpha value is -2.09. The Bertz CT molecular complexity index is 851. The number of nitrogens with two attached hydrogens (primary N) is 1. The predicted octanol–water partition coefficient (Wildman–Crippen LogP) is 3.09. The van der Waals surface area contributed by atoms with Crippen molar-refractivity contribution in [2.45, 2.75) is 24.7 Å². The van der Waals surface area contributed by atoms with Crippen LogP contribution in [0.15, 0.2) is 47.4 Å². The zero-order chi connectivity index (χ0) is 18.4. The van der Waals surface area contributed by atoms with E-state index in [0.29, 0.717) is 23.7 Å². The summed E-state index contributed by atoms with van der Waals surface area (Å²) in [5.41, 5.74) is 1.44. The average Bonchev–Trinajstić information content (AvgIpc) is 2.53. The zero-order valence-corrected chi connectivity index (χ0v) is 15.2. The van der Waals surface area contributed by atoms with Crippen LogP contribution in [0, 0.1) is 6.92 Å². The van der Waals surface area contributed by atoms with E-state index in [1.807, 2.05) is 13.0 Å². The van der Waals surface area contributed by atoms with Crippen LogP contribution in [0.3, 0.4) is 0 Å². The van der Waals surface area contributed by atoms with Gasteiger partial charge in [0.1, 0.15) is 5.75 Å². The molecular formula is C17H19ClN2O4S. The van der Waals surface area contributed by atoms with Crippen LogP contribution in [0.25, 0.3) is 0 Å². The number of amides is 1. The molecule has 0 aromatic heterocycles. The van der Waals surface area contributed by atoms with Gasteiger partial charge in [0.25, 0.3) is 0 Å². The first-order valence-electron chi connectivity index (χ1n) is 7.57. The molecule has 3 N–H and O–H groups in total. The molecule has 0 unspecified atom stereocenters. The van der Waals surface area contributed by atoms with Crippen LogP contribution in [0.4, 0.5) is 5.69 Å². The van der Waals surface area contributed by atoms with E-state index in [1.54, 1.807) is 12.1 Å². The Balaban J connectivity index is 1.77. The van der Waals surface area contributed by atoms with E-state index in [-0.39, 0.29) is 17.2 Å². The Morgan fingerprint density at radius 3 is 2.48 bits per heavy atom. The number of hydrogen-bond acceptors (Lipinski definition) is 4. The number of anilines is 1. The first-order valence-corrected chi connectivity index (χ1v) is 9.50. The van der Waals surface area contributed by atoms with Gasteiger partial charge in [-0.1, -0.05) is 11.6 Å². The summed E-state index contributed by atoms with van der Waals surface area (Å²) < 4.78 is 28.0. The maximum atomic E-state index is 11.9. The monoisotopic (exact) mass is 382 g/mol. The average molecular weight is 383 g/mol. The summed E-state index contributed by atoms with van der Waals surface area (Å²) >= 11 is 5.88. The summed E-state index contributed by atoms with van der Waals surface area (Å²) in [6, 6.07) is 11.0. The summed E-state index contributed by atoms with van der Waals surface area (Å²) in [6.07, 6.45) is 0.826. The fourth-order valence-electron chi connectivity index (χ4n) is 2.14. The van der Waals surface area contributed by atoms with Gasteiger partial charge in [0.2, 0.25) is 15.9 Å². The molecule has 1 amide bonds. The van der Waals surface area contributed by atoms with Crippen molar-refractivity contribution in [1.29, 1.82) is 0 Å². The van der Waals surface area contributed by atoms with Crippen molar-refractivity contribution in [2.75, 3.05) is 11.9 Å². The predicted molar refractivity (Wildman–Crippen MR) is 97.4 cm³/mol. The fraction of sp³-hybridized carbons (Fsp3) is 0.235. The van der Waals surface area contributed by atoms with Gasteiger partial charge in [-0.2, -0.15) is 0 Å². The van der Waals surface area contributed by atoms with E-state index in [9.17, 15) is 13.2 Å². The second kappa shape index (κ2) is 8.33. The molecule has 0 fully saturated rings. The van der Waals surface area contributed by atoms with Crippen LogP contribution in [-0.2, 0) is 14.8 Å². The number of primary sulfonamides is 1. The van der Waals surface area contributed by atoms with E-state index in [2.05, 4.69) is 5.32 Å². The summed E-state index contributed by atoms with van der Waals surface area (Å²) in [5, 5.41) is 8.36. The molecule has 25 heavy (non-hydrogen) atoms. The zero-order valence-electron chi connectivity index (χ0n) is 13.7. The SMILES string of the molecule is Cc1cc(Cl)ccc1OCCCC(=O)Nc1ccc(S(N)(=O)=O)cc1. The van der Waals surface area contributed by atoms with Gasteiger partial charge in [-0.3, -0.25) is 4.79 Å². The fourth-order valence-corrected chi connectivity index (χ4v) is 2.88. The largest absolute Gasteiger partial charge is 0.493 e. The summed E-state index contributed by atoms with van der Waals surface area (Å²) in [7, 11) is -3.74. The van der Waals surface area contributed by atoms with Crippen molar-refractivity contribution in [3.8, 4) is 5.75 Å². The normalized spacial score (nSPS) is 11.2. The highest BCUT2D eigenvalue weighted by Crippen LogP contribution is 2.22. The van der Waals surface area contributed by atoms with Crippen molar-refractivity contribution in [2.24, 2.45) is 5.14 Å². The van der Waals surface area contributed by atoms with Gasteiger partial charge in [-0.15, -0.1) is 0 Å². The Kier molecular flexibility index (Phi) is 6.41. The lowest BCUT2D eigenvalue weighted by atomic mass is 10.2. The molecule has 2 aromatic rings. The Labute approximate surface area is 152 Å². The van der Waals surface area contributed by atoms with Gasteiger partial charge >= 0.3 is 0 Å². The molecule has 0 aliphatic rings. The molecule has 0 aliphatic carbocycles. The molecule has 0 bridgehead atoms. The molecule has 2 rings (SSSR count). The quantitative estimate of drug-likeness (QED) is 0.719. The molecule has 0 atom stereocenters. The minimum Gasteiger partial charge on any atom is -0.493 e. The van der Waals surface area contributed by atoms with E-state index >= 15 is 0 Å². The number of sulfonamides is 1. The van der Waals surface area contributed by atoms with Crippen molar-refractivity contribution in [3.05, 3.63) is 53.1 Å². The number of carbonyl (C=O) groups excluding carboxylic acids is 1. The van der Waals surface area contributed by atoms with Crippen LogP contribution in [0.1, 0.15) is 18.4 Å². The molecule has 6 nitrogen and oxygen atoms in total. The highest BCUT2D eigenvalue weighted by atomic mass is 35.5. The summed E-state index contributed by atoms with van der Waals surface area (Å²) in [5.74, 6) is 0.558. The second-order valence-corrected chi connectivity index (χ2v) is 7.48. The minimum absolute atomic E-state index is 0.00256. The van der Waals surface area contributed by atoms with Gasteiger partial charge in [-0.05, 0) is 61.4 Å². The lowest BCUT2D eigenvalue weighted by molar-refractivity contribution is -0.116. The van der Waals surface area contributed by atoms with Crippen LogP contribution in [-0.4, -0.2) is 20.9 Å². The molecule has 0 heterocycles. The number of ether oxygens (including phenoxy) is 1. The van der Waals surface area contributed by atoms with Crippen molar-refractivity contribution >= 4 is 33.2 Å². The first kappa shape index (κ1) is 19.2. The lowest BCUT2D eigenvalue weighted by Gasteiger charge is -2.09. The third-order valence-corrected chi connectivity index (χ3v) is 4.57. The van der Waals surface area contributed by atoms with Crippen LogP contribution in [0.2, 0.25) is 5.02 Å². The van der Waals surface area contributed by atoms with E-state index < -0.39 is 10.0 Å². The van der Waals surface area contributed by atoms with Gasteiger partial charge in [0.05, 0.1) is 11.5 Å². The summed E-state index contributed by atoms with van der Waals surface area (Å²) in [4.78, 5) is 11.9. The molecule has 0 saturated heterocycles. The first-order chi connectivity index (χ1) is 11.8. The van der Waals surface area contributed by atoms with E-state index in [1.165, 1.54) is 24.3 Å². The van der Waals surface area contributed by atoms with Gasteiger partial charge < -0.3 is 10.1 Å². The molecule has 134 valence electrons. The van der Waals surface area contributed by atoms with Crippen molar-refractivity contribution in [1.82, 2.24) is 0 Å². The number of aryl methyl sites for hydroxylation is 1. The van der Waals surface area contributed by atoms with E-state index in [0.717, 1.165) is 11.3 Å². The second-order valence-electron chi connectivity index (χ2n) is 5.48. The minimum atomic E-state index is -3.74. The van der Waals surface area contributed by atoms with Crippen LogP contribution in [0.5, 0.6) is 5.75 Å². The highest BCUT2D eigenvalue weighted by molar-refractivity contribution is 7.89. The maximum absolute atomic E-state index is 11.9. The van der Waals surface area contributed by atoms with Crippen LogP contribution >= 0.6 is 11.6 Å². The maximum Gasteiger partial charge on any atom is 0.238 e. The third-order valence-electron chi connectivity index (χ3n) is 3.41. The number of hydrogen-bond donors (Lipinski definition) is 2. The Morgan fingerprint density at radius 2 is 1.88 bits per heavy atom. The molecular weight excluding hydrogens is 364 g/mol. The molecule has 0 saturated carbocycles. The Morgan fingerprint density at radius 1 is 1.20 bits per heavy atom. The number of benzene rings is 2. The smallest absolute Gasteiger partial charge is 0.238 e. The molecule has 0 aliphatic heterocycles. The topological polar surface area (TPSA) is 98.5 Å². The highest BCUT2D eigenvalue weighted by Gasteiger charge is 2.08. The van der Waals surface area contributed by atoms with Crippen molar-refractivity contribution < 1.29 is 17.9 Å². The van der Waals surface area contributed by atoms with Crippen molar-refractivity contribution in [3.63, 3.8) is 0 Å². The summed E-state index contributed by atoms with van der Waals surface area (Å²) in [6.45, 7) is 2.30. The molecule has 0 radical (unpaired) electrons.